The molecule has 30 heavy (non-hydrogen) atoms. The summed E-state index contributed by atoms with van der Waals surface area (Å²) in [6.07, 6.45) is -0.733. The molecule has 3 rings (SSSR count). The minimum absolute atomic E-state index is 0.0525. The molecule has 1 aliphatic rings. The number of nitrogens with zero attached hydrogens (tertiary/aromatic N) is 2. The topological polar surface area (TPSA) is 89.9 Å². The number of oxime groups is 1. The summed E-state index contributed by atoms with van der Waals surface area (Å²) in [6.45, 7) is 0.125. The van der Waals surface area contributed by atoms with E-state index in [0.717, 1.165) is 17.7 Å². The molecule has 1 fully saturated rings. The lowest BCUT2D eigenvalue weighted by Crippen LogP contribution is -2.25. The maximum atomic E-state index is 12.5. The molecule has 1 unspecified atom stereocenters. The monoisotopic (exact) mass is 421 g/mol. The molecule has 0 spiro atoms. The standard InChI is InChI=1S/C20H18F3N3O4/c21-20(22,23)16-4-1-14(2-5-16)11-30-25-8-7-13-3-6-18(24-10-13)29-12-15-9-17(27)26-19(15)28/h1-6,8,10,15H,7,9,11-12H2,(H,26,27,28). The van der Waals surface area contributed by atoms with E-state index in [4.69, 9.17) is 9.57 Å². The molecule has 1 aliphatic heterocycles. The highest BCUT2D eigenvalue weighted by molar-refractivity contribution is 6.03. The molecule has 2 amide bonds. The van der Waals surface area contributed by atoms with Gasteiger partial charge < -0.3 is 9.57 Å². The summed E-state index contributed by atoms with van der Waals surface area (Å²) in [5.74, 6) is -0.824. The third kappa shape index (κ3) is 6.03. The van der Waals surface area contributed by atoms with Crippen molar-refractivity contribution >= 4 is 18.0 Å². The van der Waals surface area contributed by atoms with Crippen LogP contribution in [0.3, 0.4) is 0 Å². The number of imide groups is 1. The zero-order chi connectivity index (χ0) is 21.6. The largest absolute Gasteiger partial charge is 0.477 e. The van der Waals surface area contributed by atoms with Gasteiger partial charge in [0.05, 0.1) is 11.5 Å². The molecular formula is C20H18F3N3O4. The van der Waals surface area contributed by atoms with Gasteiger partial charge in [-0.15, -0.1) is 0 Å². The Morgan fingerprint density at radius 2 is 1.87 bits per heavy atom. The first-order valence-corrected chi connectivity index (χ1v) is 9.02. The van der Waals surface area contributed by atoms with Crippen LogP contribution in [0.5, 0.6) is 5.88 Å². The zero-order valence-corrected chi connectivity index (χ0v) is 15.7. The SMILES string of the molecule is O=C1CC(COc2ccc(CC=NOCc3ccc(C(F)(F)F)cc3)cn2)C(=O)N1. The number of hydrogen-bond donors (Lipinski definition) is 1. The summed E-state index contributed by atoms with van der Waals surface area (Å²) in [4.78, 5) is 31.8. The van der Waals surface area contributed by atoms with Crippen molar-refractivity contribution in [2.45, 2.75) is 25.6 Å². The molecule has 1 saturated heterocycles. The van der Waals surface area contributed by atoms with Crippen LogP contribution in [0.2, 0.25) is 0 Å². The molecule has 0 bridgehead atoms. The van der Waals surface area contributed by atoms with Gasteiger partial charge in [0, 0.05) is 31.3 Å². The highest BCUT2D eigenvalue weighted by Gasteiger charge is 2.31. The number of amides is 2. The van der Waals surface area contributed by atoms with Gasteiger partial charge in [-0.2, -0.15) is 13.2 Å². The van der Waals surface area contributed by atoms with Crippen LogP contribution in [0.25, 0.3) is 0 Å². The molecule has 1 aromatic heterocycles. The zero-order valence-electron chi connectivity index (χ0n) is 15.7. The summed E-state index contributed by atoms with van der Waals surface area (Å²) in [5.41, 5.74) is 0.689. The number of benzene rings is 1. The lowest BCUT2D eigenvalue weighted by atomic mass is 10.1. The molecule has 0 saturated carbocycles. The number of nitrogens with one attached hydrogen (secondary N) is 1. The van der Waals surface area contributed by atoms with Crippen LogP contribution in [-0.2, 0) is 33.6 Å². The molecule has 7 nitrogen and oxygen atoms in total. The second kappa shape index (κ2) is 9.38. The van der Waals surface area contributed by atoms with Crippen LogP contribution in [-0.4, -0.2) is 29.6 Å². The van der Waals surface area contributed by atoms with Crippen molar-refractivity contribution in [2.24, 2.45) is 11.1 Å². The van der Waals surface area contributed by atoms with E-state index in [2.05, 4.69) is 15.5 Å². The van der Waals surface area contributed by atoms with E-state index in [1.165, 1.54) is 18.3 Å². The number of carbonyl (C=O) groups is 2. The Balaban J connectivity index is 1.39. The number of ether oxygens (including phenoxy) is 1. The van der Waals surface area contributed by atoms with E-state index in [0.29, 0.717) is 17.9 Å². The molecule has 1 aromatic carbocycles. The second-order valence-electron chi connectivity index (χ2n) is 6.59. The Morgan fingerprint density at radius 1 is 1.13 bits per heavy atom. The summed E-state index contributed by atoms with van der Waals surface area (Å²) in [6, 6.07) is 8.08. The summed E-state index contributed by atoms with van der Waals surface area (Å²) < 4.78 is 42.9. The molecular weight excluding hydrogens is 403 g/mol. The van der Waals surface area contributed by atoms with Gasteiger partial charge in [0.2, 0.25) is 17.7 Å². The number of carbonyl (C=O) groups excluding carboxylic acids is 2. The third-order valence-corrected chi connectivity index (χ3v) is 4.28. The average molecular weight is 421 g/mol. The van der Waals surface area contributed by atoms with Gasteiger partial charge in [-0.05, 0) is 23.3 Å². The summed E-state index contributed by atoms with van der Waals surface area (Å²) in [5, 5.41) is 5.99. The molecule has 2 aromatic rings. The third-order valence-electron chi connectivity index (χ3n) is 4.28. The smallest absolute Gasteiger partial charge is 0.416 e. The highest BCUT2D eigenvalue weighted by atomic mass is 19.4. The van der Waals surface area contributed by atoms with Crippen LogP contribution in [0.1, 0.15) is 23.1 Å². The van der Waals surface area contributed by atoms with Crippen molar-refractivity contribution in [3.63, 3.8) is 0 Å². The van der Waals surface area contributed by atoms with Crippen molar-refractivity contribution < 1.29 is 32.3 Å². The average Bonchev–Trinajstić information content (AvgIpc) is 3.04. The lowest BCUT2D eigenvalue weighted by Gasteiger charge is -2.08. The first-order chi connectivity index (χ1) is 14.3. The predicted molar refractivity (Wildman–Crippen MR) is 99.4 cm³/mol. The molecule has 1 N–H and O–H groups in total. The minimum atomic E-state index is -4.36. The number of rotatable bonds is 8. The second-order valence-corrected chi connectivity index (χ2v) is 6.59. The van der Waals surface area contributed by atoms with Crippen LogP contribution in [0.4, 0.5) is 13.2 Å². The van der Waals surface area contributed by atoms with E-state index >= 15 is 0 Å². The summed E-state index contributed by atoms with van der Waals surface area (Å²) in [7, 11) is 0. The van der Waals surface area contributed by atoms with Gasteiger partial charge in [-0.25, -0.2) is 4.98 Å². The Morgan fingerprint density at radius 3 is 2.47 bits per heavy atom. The van der Waals surface area contributed by atoms with Gasteiger partial charge in [-0.1, -0.05) is 23.4 Å². The first kappa shape index (κ1) is 21.3. The van der Waals surface area contributed by atoms with Gasteiger partial charge in [0.25, 0.3) is 0 Å². The molecule has 10 heteroatoms. The van der Waals surface area contributed by atoms with Gasteiger partial charge in [-0.3, -0.25) is 14.9 Å². The van der Waals surface area contributed by atoms with Crippen LogP contribution >= 0.6 is 0 Å². The van der Waals surface area contributed by atoms with Crippen LogP contribution in [0, 0.1) is 5.92 Å². The molecule has 1 atom stereocenters. The highest BCUT2D eigenvalue weighted by Crippen LogP contribution is 2.29. The van der Waals surface area contributed by atoms with Crippen molar-refractivity contribution in [1.29, 1.82) is 0 Å². The van der Waals surface area contributed by atoms with E-state index < -0.39 is 17.7 Å². The fourth-order valence-corrected chi connectivity index (χ4v) is 2.64. The van der Waals surface area contributed by atoms with Crippen molar-refractivity contribution in [2.75, 3.05) is 6.61 Å². The first-order valence-electron chi connectivity index (χ1n) is 9.02. The van der Waals surface area contributed by atoms with E-state index in [9.17, 15) is 22.8 Å². The molecule has 0 radical (unpaired) electrons. The van der Waals surface area contributed by atoms with Gasteiger partial charge >= 0.3 is 6.18 Å². The molecule has 0 aliphatic carbocycles. The number of halogens is 3. The fraction of sp³-hybridized carbons (Fsp3) is 0.300. The Labute approximate surface area is 169 Å². The van der Waals surface area contributed by atoms with E-state index in [1.807, 2.05) is 0 Å². The quantitative estimate of drug-likeness (QED) is 0.402. The Bertz CT molecular complexity index is 912. The Hall–Kier alpha value is -3.43. The lowest BCUT2D eigenvalue weighted by molar-refractivity contribution is -0.137. The maximum Gasteiger partial charge on any atom is 0.416 e. The molecule has 2 heterocycles. The maximum absolute atomic E-state index is 12.5. The number of alkyl halides is 3. The molecule has 158 valence electrons. The number of pyridine rings is 1. The normalized spacial score (nSPS) is 16.7. The van der Waals surface area contributed by atoms with Crippen molar-refractivity contribution in [3.05, 3.63) is 59.3 Å². The van der Waals surface area contributed by atoms with E-state index in [1.54, 1.807) is 18.3 Å². The van der Waals surface area contributed by atoms with E-state index in [-0.39, 0.29) is 31.4 Å². The minimum Gasteiger partial charge on any atom is -0.477 e. The van der Waals surface area contributed by atoms with Gasteiger partial charge in [0.15, 0.2) is 0 Å². The van der Waals surface area contributed by atoms with Crippen LogP contribution in [0.15, 0.2) is 47.8 Å². The summed E-state index contributed by atoms with van der Waals surface area (Å²) >= 11 is 0. The number of hydrogen-bond acceptors (Lipinski definition) is 6. The van der Waals surface area contributed by atoms with Gasteiger partial charge in [0.1, 0.15) is 13.2 Å². The van der Waals surface area contributed by atoms with Crippen molar-refractivity contribution in [3.8, 4) is 5.88 Å². The Kier molecular flexibility index (Phi) is 6.65. The van der Waals surface area contributed by atoms with Crippen molar-refractivity contribution in [1.82, 2.24) is 10.3 Å². The fourth-order valence-electron chi connectivity index (χ4n) is 2.64. The number of aromatic nitrogens is 1. The predicted octanol–water partition coefficient (Wildman–Crippen LogP) is 2.89. The van der Waals surface area contributed by atoms with Crippen LogP contribution < -0.4 is 10.1 Å².